The first-order valence-electron chi connectivity index (χ1n) is 8.82. The third-order valence-corrected chi connectivity index (χ3v) is 4.18. The van der Waals surface area contributed by atoms with Crippen molar-refractivity contribution >= 4 is 5.78 Å². The normalized spacial score (nSPS) is 10.8. The van der Waals surface area contributed by atoms with Gasteiger partial charge in [0.25, 0.3) is 0 Å². The van der Waals surface area contributed by atoms with Crippen LogP contribution in [0.25, 0.3) is 11.4 Å². The first-order chi connectivity index (χ1) is 12.9. The van der Waals surface area contributed by atoms with Gasteiger partial charge in [-0.05, 0) is 62.1 Å². The Balaban J connectivity index is 1.57. The Morgan fingerprint density at radius 1 is 1.11 bits per heavy atom. The summed E-state index contributed by atoms with van der Waals surface area (Å²) in [7, 11) is 0. The first-order valence-corrected chi connectivity index (χ1v) is 8.82. The molecule has 7 heteroatoms. The number of aryl methyl sites for hydroxylation is 4. The molecule has 2 aromatic heterocycles. The van der Waals surface area contributed by atoms with Crippen molar-refractivity contribution in [3.8, 4) is 17.1 Å². The van der Waals surface area contributed by atoms with Crippen LogP contribution in [0, 0.1) is 20.8 Å². The second kappa shape index (κ2) is 8.07. The number of carbonyl (C=O) groups is 1. The van der Waals surface area contributed by atoms with E-state index in [2.05, 4.69) is 20.3 Å². The molecule has 7 nitrogen and oxygen atoms in total. The summed E-state index contributed by atoms with van der Waals surface area (Å²) in [5.41, 5.74) is 4.28. The Kier molecular flexibility index (Phi) is 5.59. The molecule has 0 saturated carbocycles. The van der Waals surface area contributed by atoms with Gasteiger partial charge in [-0.2, -0.15) is 10.1 Å². The first kappa shape index (κ1) is 18.7. The van der Waals surface area contributed by atoms with E-state index in [0.717, 1.165) is 41.0 Å². The lowest BCUT2D eigenvalue weighted by atomic mass is 10.0. The molecule has 0 radical (unpaired) electrons. The summed E-state index contributed by atoms with van der Waals surface area (Å²) in [4.78, 5) is 15.5. The number of ketones is 1. The zero-order valence-corrected chi connectivity index (χ0v) is 15.9. The van der Waals surface area contributed by atoms with E-state index in [9.17, 15) is 4.79 Å². The largest absolute Gasteiger partial charge is 0.494 e. The zero-order valence-electron chi connectivity index (χ0n) is 15.9. The quantitative estimate of drug-likeness (QED) is 0.465. The molecule has 0 atom stereocenters. The molecule has 0 fully saturated rings. The number of carbonyl (C=O) groups excluding carboxylic acids is 1. The molecule has 2 heterocycles. The number of ether oxygens (including phenoxy) is 1. The van der Waals surface area contributed by atoms with Crippen LogP contribution >= 0.6 is 0 Å². The maximum atomic E-state index is 11.2. The summed E-state index contributed by atoms with van der Waals surface area (Å²) in [6.07, 6.45) is 1.54. The minimum absolute atomic E-state index is 0.0810. The Morgan fingerprint density at radius 3 is 2.41 bits per heavy atom. The molecule has 0 unspecified atom stereocenters. The number of hydrogen-bond acceptors (Lipinski definition) is 7. The van der Waals surface area contributed by atoms with Crippen molar-refractivity contribution in [2.45, 2.75) is 40.5 Å². The zero-order chi connectivity index (χ0) is 19.4. The maximum Gasteiger partial charge on any atom is 0.223 e. The molecule has 3 aromatic rings. The minimum atomic E-state index is -0.0810. The molecule has 0 N–H and O–H groups in total. The van der Waals surface area contributed by atoms with Gasteiger partial charge in [-0.15, -0.1) is 5.10 Å². The molecular weight excluding hydrogens is 344 g/mol. The van der Waals surface area contributed by atoms with Crippen LogP contribution in [0.15, 0.2) is 28.8 Å². The molecule has 0 aliphatic carbocycles. The lowest BCUT2D eigenvalue weighted by molar-refractivity contribution is 0.101. The van der Waals surface area contributed by atoms with E-state index in [0.29, 0.717) is 24.0 Å². The SMILES string of the molecule is CC(=O)c1ccc(CCCOc2cc(C)c(-c3noc(C)n3)c(C)c2)nn1. The highest BCUT2D eigenvalue weighted by Gasteiger charge is 2.13. The third kappa shape index (κ3) is 4.55. The van der Waals surface area contributed by atoms with Gasteiger partial charge in [-0.1, -0.05) is 5.16 Å². The van der Waals surface area contributed by atoms with Crippen molar-refractivity contribution in [3.63, 3.8) is 0 Å². The Morgan fingerprint density at radius 2 is 1.85 bits per heavy atom. The summed E-state index contributed by atoms with van der Waals surface area (Å²) >= 11 is 0. The van der Waals surface area contributed by atoms with Gasteiger partial charge >= 0.3 is 0 Å². The van der Waals surface area contributed by atoms with E-state index in [1.54, 1.807) is 13.0 Å². The average Bonchev–Trinajstić information content (AvgIpc) is 3.04. The van der Waals surface area contributed by atoms with E-state index < -0.39 is 0 Å². The highest BCUT2D eigenvalue weighted by molar-refractivity contribution is 5.91. The van der Waals surface area contributed by atoms with Crippen molar-refractivity contribution in [3.05, 3.63) is 52.7 Å². The second-order valence-electron chi connectivity index (χ2n) is 6.49. The summed E-state index contributed by atoms with van der Waals surface area (Å²) in [6.45, 7) is 7.83. The van der Waals surface area contributed by atoms with Crippen LogP contribution in [0.5, 0.6) is 5.75 Å². The fraction of sp³-hybridized carbons (Fsp3) is 0.350. The van der Waals surface area contributed by atoms with Crippen molar-refractivity contribution in [2.24, 2.45) is 0 Å². The molecule has 0 bridgehead atoms. The van der Waals surface area contributed by atoms with Crippen LogP contribution in [0.3, 0.4) is 0 Å². The standard InChI is InChI=1S/C20H22N4O3/c1-12-10-17(11-13(2)19(12)20-21-15(4)27-24-20)26-9-5-6-16-7-8-18(14(3)25)23-22-16/h7-8,10-11H,5-6,9H2,1-4H3. The van der Waals surface area contributed by atoms with Crippen LogP contribution in [0.2, 0.25) is 0 Å². The lowest BCUT2D eigenvalue weighted by Crippen LogP contribution is -2.04. The second-order valence-corrected chi connectivity index (χ2v) is 6.49. The molecule has 0 saturated heterocycles. The molecule has 0 amide bonds. The molecular formula is C20H22N4O3. The van der Waals surface area contributed by atoms with E-state index >= 15 is 0 Å². The molecule has 0 spiro atoms. The molecule has 0 aliphatic heterocycles. The minimum Gasteiger partial charge on any atom is -0.494 e. The number of hydrogen-bond donors (Lipinski definition) is 0. The van der Waals surface area contributed by atoms with E-state index in [1.807, 2.05) is 32.0 Å². The van der Waals surface area contributed by atoms with Gasteiger partial charge in [0.1, 0.15) is 11.4 Å². The predicted octanol–water partition coefficient (Wildman–Crippen LogP) is 3.67. The lowest BCUT2D eigenvalue weighted by Gasteiger charge is -2.11. The average molecular weight is 366 g/mol. The summed E-state index contributed by atoms with van der Waals surface area (Å²) < 4.78 is 11.0. The Hall–Kier alpha value is -3.09. The van der Waals surface area contributed by atoms with Gasteiger partial charge in [0.05, 0.1) is 12.3 Å². The topological polar surface area (TPSA) is 91.0 Å². The Bertz CT molecular complexity index is 925. The van der Waals surface area contributed by atoms with Crippen LogP contribution in [-0.2, 0) is 6.42 Å². The van der Waals surface area contributed by atoms with Crippen molar-refractivity contribution in [1.82, 2.24) is 20.3 Å². The number of nitrogens with zero attached hydrogens (tertiary/aromatic N) is 4. The van der Waals surface area contributed by atoms with E-state index in [4.69, 9.17) is 9.26 Å². The van der Waals surface area contributed by atoms with Crippen molar-refractivity contribution in [1.29, 1.82) is 0 Å². The number of benzene rings is 1. The van der Waals surface area contributed by atoms with Gasteiger partial charge in [0.2, 0.25) is 11.7 Å². The fourth-order valence-electron chi connectivity index (χ4n) is 2.88. The van der Waals surface area contributed by atoms with E-state index in [-0.39, 0.29) is 5.78 Å². The van der Waals surface area contributed by atoms with Gasteiger partial charge in [0.15, 0.2) is 5.78 Å². The number of aromatic nitrogens is 4. The third-order valence-electron chi connectivity index (χ3n) is 4.18. The van der Waals surface area contributed by atoms with Gasteiger partial charge < -0.3 is 9.26 Å². The fourth-order valence-corrected chi connectivity index (χ4v) is 2.88. The van der Waals surface area contributed by atoms with Gasteiger partial charge in [-0.3, -0.25) is 4.79 Å². The van der Waals surface area contributed by atoms with Crippen molar-refractivity contribution in [2.75, 3.05) is 6.61 Å². The highest BCUT2D eigenvalue weighted by Crippen LogP contribution is 2.29. The molecule has 27 heavy (non-hydrogen) atoms. The summed E-state index contributed by atoms with van der Waals surface area (Å²) in [5, 5.41) is 12.0. The molecule has 0 aliphatic rings. The van der Waals surface area contributed by atoms with Crippen molar-refractivity contribution < 1.29 is 14.1 Å². The molecule has 1 aromatic carbocycles. The predicted molar refractivity (Wildman–Crippen MR) is 99.8 cm³/mol. The highest BCUT2D eigenvalue weighted by atomic mass is 16.5. The smallest absolute Gasteiger partial charge is 0.223 e. The van der Waals surface area contributed by atoms with Crippen LogP contribution < -0.4 is 4.74 Å². The van der Waals surface area contributed by atoms with Crippen LogP contribution in [-0.4, -0.2) is 32.7 Å². The number of Topliss-reactive ketones (excluding diaryl/α,β-unsaturated/α-hetero) is 1. The monoisotopic (exact) mass is 366 g/mol. The van der Waals surface area contributed by atoms with Crippen LogP contribution in [0.4, 0.5) is 0 Å². The Labute approximate surface area is 157 Å². The maximum absolute atomic E-state index is 11.2. The molecule has 140 valence electrons. The number of rotatable bonds is 7. The van der Waals surface area contributed by atoms with E-state index in [1.165, 1.54) is 6.92 Å². The van der Waals surface area contributed by atoms with Crippen LogP contribution in [0.1, 0.15) is 46.5 Å². The summed E-state index contributed by atoms with van der Waals surface area (Å²) in [6, 6.07) is 7.50. The molecule has 3 rings (SSSR count). The van der Waals surface area contributed by atoms with Gasteiger partial charge in [-0.25, -0.2) is 0 Å². The summed E-state index contributed by atoms with van der Waals surface area (Å²) in [5.74, 6) is 1.87. The van der Waals surface area contributed by atoms with Gasteiger partial charge in [0, 0.05) is 19.4 Å².